The number of halogens is 3. The summed E-state index contributed by atoms with van der Waals surface area (Å²) in [6.45, 7) is 1.28. The van der Waals surface area contributed by atoms with Crippen molar-refractivity contribution in [3.8, 4) is 0 Å². The van der Waals surface area contributed by atoms with Crippen LogP contribution >= 0.6 is 0 Å². The molecule has 0 amide bonds. The van der Waals surface area contributed by atoms with Gasteiger partial charge in [0.05, 0.1) is 19.3 Å². The van der Waals surface area contributed by atoms with Crippen molar-refractivity contribution in [2.24, 2.45) is 0 Å². The molecule has 0 N–H and O–H groups in total. The number of hydrogen-bond donors (Lipinski definition) is 0. The highest BCUT2D eigenvalue weighted by Gasteiger charge is 2.31. The second-order valence-electron chi connectivity index (χ2n) is 5.49. The topological polar surface area (TPSA) is 12.5 Å². The Balaban J connectivity index is 1.83. The minimum absolute atomic E-state index is 0.186. The largest absolute Gasteiger partial charge is 0.378 e. The van der Waals surface area contributed by atoms with Gasteiger partial charge >= 0.3 is 0 Å². The van der Waals surface area contributed by atoms with E-state index >= 15 is 0 Å². The van der Waals surface area contributed by atoms with Crippen LogP contribution in [-0.2, 0) is 11.2 Å². The smallest absolute Gasteiger partial charge is 0.161 e. The predicted molar refractivity (Wildman–Crippen MR) is 68.9 cm³/mol. The van der Waals surface area contributed by atoms with Crippen LogP contribution in [0.4, 0.5) is 13.2 Å². The van der Waals surface area contributed by atoms with Crippen LogP contribution in [0.2, 0.25) is 0 Å². The van der Waals surface area contributed by atoms with Gasteiger partial charge < -0.3 is 4.74 Å². The van der Waals surface area contributed by atoms with E-state index in [9.17, 15) is 13.2 Å². The number of likely N-dealkylation sites (N-methyl/N-ethyl adjacent to an activating group) is 1. The van der Waals surface area contributed by atoms with Crippen LogP contribution < -0.4 is 0 Å². The number of benzene rings is 1. The monoisotopic (exact) mass is 283 g/mol. The van der Waals surface area contributed by atoms with Crippen molar-refractivity contribution in [1.82, 2.24) is 4.90 Å². The molecule has 5 heteroatoms. The Hall–Kier alpha value is -1.33. The Bertz CT molecular complexity index is 558. The zero-order chi connectivity index (χ0) is 14.3. The van der Waals surface area contributed by atoms with E-state index in [4.69, 9.17) is 4.74 Å². The van der Waals surface area contributed by atoms with Gasteiger partial charge in [0, 0.05) is 12.1 Å². The molecular weight excluding hydrogens is 267 g/mol. The van der Waals surface area contributed by atoms with Crippen molar-refractivity contribution in [2.75, 3.05) is 20.3 Å². The highest BCUT2D eigenvalue weighted by molar-refractivity contribution is 5.28. The lowest BCUT2D eigenvalue weighted by atomic mass is 9.90. The lowest BCUT2D eigenvalue weighted by molar-refractivity contribution is -0.0260. The fraction of sp³-hybridized carbons (Fsp3) is 0.467. The second-order valence-corrected chi connectivity index (χ2v) is 5.49. The molecule has 0 radical (unpaired) electrons. The average Bonchev–Trinajstić information content (AvgIpc) is 2.37. The predicted octanol–water partition coefficient (Wildman–Crippen LogP) is 2.68. The molecule has 2 atom stereocenters. The molecule has 1 saturated heterocycles. The molecule has 20 heavy (non-hydrogen) atoms. The molecule has 2 aliphatic heterocycles. The summed E-state index contributed by atoms with van der Waals surface area (Å²) in [4.78, 5) is 2.24. The fourth-order valence-corrected chi connectivity index (χ4v) is 2.92. The van der Waals surface area contributed by atoms with Crippen LogP contribution in [0.15, 0.2) is 23.8 Å². The Kier molecular flexibility index (Phi) is 3.56. The van der Waals surface area contributed by atoms with Crippen LogP contribution in [0.5, 0.6) is 0 Å². The van der Waals surface area contributed by atoms with Gasteiger partial charge in [-0.25, -0.2) is 13.2 Å². The van der Waals surface area contributed by atoms with Crippen molar-refractivity contribution in [2.45, 2.75) is 24.9 Å². The molecule has 2 nitrogen and oxygen atoms in total. The van der Waals surface area contributed by atoms with Gasteiger partial charge in [-0.1, -0.05) is 11.6 Å². The molecule has 3 rings (SSSR count). The minimum Gasteiger partial charge on any atom is -0.378 e. The molecule has 1 aromatic rings. The summed E-state index contributed by atoms with van der Waals surface area (Å²) in [6.07, 6.45) is 3.14. The van der Waals surface area contributed by atoms with Crippen molar-refractivity contribution >= 4 is 0 Å². The lowest BCUT2D eigenvalue weighted by Gasteiger charge is -2.42. The highest BCUT2D eigenvalue weighted by Crippen LogP contribution is 2.28. The summed E-state index contributed by atoms with van der Waals surface area (Å²) >= 11 is 0. The summed E-state index contributed by atoms with van der Waals surface area (Å²) in [5, 5.41) is 0. The maximum absolute atomic E-state index is 13.7. The molecule has 2 unspecified atom stereocenters. The molecule has 0 aromatic heterocycles. The van der Waals surface area contributed by atoms with Gasteiger partial charge in [-0.05, 0) is 31.5 Å². The van der Waals surface area contributed by atoms with E-state index in [0.717, 1.165) is 18.1 Å². The molecule has 2 heterocycles. The molecular formula is C15H16F3NO. The van der Waals surface area contributed by atoms with E-state index in [2.05, 4.69) is 11.0 Å². The standard InChI is InChI=1S/C15H16F3NO/c1-19-11-3-9(4-12(19)8-20-7-11)2-10-5-14(17)15(18)6-13(10)16/h3,5-6,11-12H,2,4,7-8H2,1H3. The molecule has 0 aliphatic carbocycles. The van der Waals surface area contributed by atoms with E-state index in [1.807, 2.05) is 7.05 Å². The summed E-state index contributed by atoms with van der Waals surface area (Å²) in [6, 6.07) is 2.04. The zero-order valence-electron chi connectivity index (χ0n) is 11.2. The first-order valence-corrected chi connectivity index (χ1v) is 6.67. The quantitative estimate of drug-likeness (QED) is 0.611. The van der Waals surface area contributed by atoms with Crippen molar-refractivity contribution in [3.63, 3.8) is 0 Å². The molecule has 2 bridgehead atoms. The highest BCUT2D eigenvalue weighted by atomic mass is 19.2. The zero-order valence-corrected chi connectivity index (χ0v) is 11.2. The van der Waals surface area contributed by atoms with E-state index < -0.39 is 17.5 Å². The molecule has 108 valence electrons. The third-order valence-corrected chi connectivity index (χ3v) is 4.13. The first-order valence-electron chi connectivity index (χ1n) is 6.67. The van der Waals surface area contributed by atoms with Crippen LogP contribution in [0, 0.1) is 17.5 Å². The van der Waals surface area contributed by atoms with Gasteiger partial charge in [-0.3, -0.25) is 4.90 Å². The maximum Gasteiger partial charge on any atom is 0.161 e. The number of rotatable bonds is 2. The number of ether oxygens (including phenoxy) is 1. The van der Waals surface area contributed by atoms with E-state index in [1.165, 1.54) is 0 Å². The third-order valence-electron chi connectivity index (χ3n) is 4.13. The van der Waals surface area contributed by atoms with Crippen molar-refractivity contribution < 1.29 is 17.9 Å². The molecule has 2 aliphatic rings. The summed E-state index contributed by atoms with van der Waals surface area (Å²) in [7, 11) is 2.04. The van der Waals surface area contributed by atoms with Crippen molar-refractivity contribution in [3.05, 3.63) is 46.8 Å². The van der Waals surface area contributed by atoms with Crippen molar-refractivity contribution in [1.29, 1.82) is 0 Å². The van der Waals surface area contributed by atoms with Gasteiger partial charge in [-0.2, -0.15) is 0 Å². The first kappa shape index (κ1) is 13.6. The Labute approximate surface area is 115 Å². The summed E-state index contributed by atoms with van der Waals surface area (Å²) in [5.74, 6) is -2.84. The lowest BCUT2D eigenvalue weighted by Crippen LogP contribution is -2.51. The average molecular weight is 283 g/mol. The van der Waals surface area contributed by atoms with E-state index in [-0.39, 0.29) is 17.6 Å². The van der Waals surface area contributed by atoms with Gasteiger partial charge in [0.1, 0.15) is 5.82 Å². The number of morpholine rings is 1. The summed E-state index contributed by atoms with van der Waals surface area (Å²) in [5.41, 5.74) is 1.27. The molecule has 0 saturated carbocycles. The number of fused-ring (bicyclic) bond motifs is 2. The SMILES string of the molecule is CN1C2C=C(Cc3cc(F)c(F)cc3F)CC1COC2. The van der Waals surface area contributed by atoms with Crippen LogP contribution in [0.1, 0.15) is 12.0 Å². The van der Waals surface area contributed by atoms with Gasteiger partial charge in [0.2, 0.25) is 0 Å². The Morgan fingerprint density at radius 1 is 1.15 bits per heavy atom. The Morgan fingerprint density at radius 3 is 2.65 bits per heavy atom. The van der Waals surface area contributed by atoms with E-state index in [1.54, 1.807) is 0 Å². The van der Waals surface area contributed by atoms with Gasteiger partial charge in [0.25, 0.3) is 0 Å². The summed E-state index contributed by atoms with van der Waals surface area (Å²) < 4.78 is 45.3. The van der Waals surface area contributed by atoms with Crippen LogP contribution in [0.25, 0.3) is 0 Å². The van der Waals surface area contributed by atoms with E-state index in [0.29, 0.717) is 25.7 Å². The number of hydrogen-bond acceptors (Lipinski definition) is 2. The molecule has 1 fully saturated rings. The van der Waals surface area contributed by atoms with Crippen LogP contribution in [-0.4, -0.2) is 37.2 Å². The van der Waals surface area contributed by atoms with Crippen LogP contribution in [0.3, 0.4) is 0 Å². The second kappa shape index (κ2) is 5.22. The number of nitrogens with zero attached hydrogens (tertiary/aromatic N) is 1. The third kappa shape index (κ3) is 2.47. The molecule has 0 spiro atoms. The first-order chi connectivity index (χ1) is 9.54. The van der Waals surface area contributed by atoms with Gasteiger partial charge in [-0.15, -0.1) is 0 Å². The Morgan fingerprint density at radius 2 is 1.90 bits per heavy atom. The maximum atomic E-state index is 13.7. The van der Waals surface area contributed by atoms with Gasteiger partial charge in [0.15, 0.2) is 11.6 Å². The molecule has 1 aromatic carbocycles. The normalized spacial score (nSPS) is 26.5. The fourth-order valence-electron chi connectivity index (χ4n) is 2.92. The minimum atomic E-state index is -1.14.